The van der Waals surface area contributed by atoms with Crippen molar-refractivity contribution >= 4 is 5.69 Å². The van der Waals surface area contributed by atoms with Crippen LogP contribution in [0.15, 0.2) is 24.5 Å². The summed E-state index contributed by atoms with van der Waals surface area (Å²) in [6.45, 7) is 6.88. The third kappa shape index (κ3) is 3.79. The minimum atomic E-state index is 1.04. The lowest BCUT2D eigenvalue weighted by molar-refractivity contribution is 0.240. The molecule has 1 aromatic heterocycles. The van der Waals surface area contributed by atoms with Gasteiger partial charge >= 0.3 is 0 Å². The molecule has 1 fully saturated rings. The lowest BCUT2D eigenvalue weighted by Gasteiger charge is -2.27. The molecule has 0 radical (unpaired) electrons. The number of hydrogen-bond donors (Lipinski definition) is 2. The average molecular weight is 220 g/mol. The van der Waals surface area contributed by atoms with Crippen LogP contribution in [-0.2, 0) is 0 Å². The molecule has 2 N–H and O–H groups in total. The fourth-order valence-electron chi connectivity index (χ4n) is 1.94. The van der Waals surface area contributed by atoms with Gasteiger partial charge in [0, 0.05) is 50.8 Å². The van der Waals surface area contributed by atoms with Crippen molar-refractivity contribution in [3.63, 3.8) is 0 Å². The first-order valence-corrected chi connectivity index (χ1v) is 6.02. The van der Waals surface area contributed by atoms with Crippen LogP contribution in [-0.4, -0.2) is 49.2 Å². The Hall–Kier alpha value is -1.13. The maximum atomic E-state index is 3.99. The van der Waals surface area contributed by atoms with Crippen LogP contribution in [0.5, 0.6) is 0 Å². The Balaban J connectivity index is 1.58. The summed E-state index contributed by atoms with van der Waals surface area (Å²) in [5, 5.41) is 6.77. The molecule has 16 heavy (non-hydrogen) atoms. The van der Waals surface area contributed by atoms with Gasteiger partial charge in [-0.25, -0.2) is 0 Å². The number of piperazine rings is 1. The fourth-order valence-corrected chi connectivity index (χ4v) is 1.94. The maximum Gasteiger partial charge on any atom is 0.0371 e. The summed E-state index contributed by atoms with van der Waals surface area (Å²) >= 11 is 0. The predicted octanol–water partition coefficient (Wildman–Crippen LogP) is 0.789. The largest absolute Gasteiger partial charge is 0.385 e. The zero-order valence-electron chi connectivity index (χ0n) is 9.65. The first kappa shape index (κ1) is 11.4. The average Bonchev–Trinajstić information content (AvgIpc) is 2.37. The van der Waals surface area contributed by atoms with Crippen LogP contribution >= 0.6 is 0 Å². The summed E-state index contributed by atoms with van der Waals surface area (Å²) in [5.41, 5.74) is 1.16. The molecule has 0 spiro atoms. The Bertz CT molecular complexity index is 282. The topological polar surface area (TPSA) is 40.2 Å². The number of pyridine rings is 1. The molecular weight excluding hydrogens is 200 g/mol. The zero-order chi connectivity index (χ0) is 11.1. The minimum absolute atomic E-state index is 1.04. The van der Waals surface area contributed by atoms with Gasteiger partial charge in [-0.15, -0.1) is 0 Å². The second-order valence-corrected chi connectivity index (χ2v) is 4.11. The Morgan fingerprint density at radius 2 is 2.00 bits per heavy atom. The number of hydrogen-bond acceptors (Lipinski definition) is 4. The molecule has 0 aromatic carbocycles. The van der Waals surface area contributed by atoms with E-state index in [0.29, 0.717) is 0 Å². The predicted molar refractivity (Wildman–Crippen MR) is 66.7 cm³/mol. The molecule has 4 nitrogen and oxygen atoms in total. The summed E-state index contributed by atoms with van der Waals surface area (Å²) in [6, 6.07) is 4.01. The Morgan fingerprint density at radius 1 is 1.25 bits per heavy atom. The Labute approximate surface area is 97.1 Å². The monoisotopic (exact) mass is 220 g/mol. The van der Waals surface area contributed by atoms with Crippen molar-refractivity contribution in [3.05, 3.63) is 24.5 Å². The number of anilines is 1. The number of nitrogens with one attached hydrogen (secondary N) is 2. The van der Waals surface area contributed by atoms with Crippen molar-refractivity contribution in [2.24, 2.45) is 0 Å². The van der Waals surface area contributed by atoms with Gasteiger partial charge < -0.3 is 15.5 Å². The highest BCUT2D eigenvalue weighted by Crippen LogP contribution is 2.03. The lowest BCUT2D eigenvalue weighted by Crippen LogP contribution is -2.44. The Morgan fingerprint density at radius 3 is 2.75 bits per heavy atom. The molecular formula is C12H20N4. The van der Waals surface area contributed by atoms with E-state index in [0.717, 1.165) is 25.3 Å². The van der Waals surface area contributed by atoms with E-state index in [1.807, 2.05) is 24.5 Å². The first-order valence-electron chi connectivity index (χ1n) is 6.02. The molecule has 0 bridgehead atoms. The summed E-state index contributed by atoms with van der Waals surface area (Å²) in [7, 11) is 0. The number of aromatic nitrogens is 1. The second-order valence-electron chi connectivity index (χ2n) is 4.11. The molecule has 1 saturated heterocycles. The van der Waals surface area contributed by atoms with Crippen LogP contribution in [0, 0.1) is 0 Å². The minimum Gasteiger partial charge on any atom is -0.385 e. The third-order valence-corrected chi connectivity index (χ3v) is 2.87. The normalized spacial score (nSPS) is 17.2. The van der Waals surface area contributed by atoms with Gasteiger partial charge in [-0.1, -0.05) is 0 Å². The molecule has 0 aliphatic carbocycles. The van der Waals surface area contributed by atoms with Gasteiger partial charge in [0.15, 0.2) is 0 Å². The van der Waals surface area contributed by atoms with Crippen LogP contribution < -0.4 is 10.6 Å². The highest BCUT2D eigenvalue weighted by Gasteiger charge is 2.07. The van der Waals surface area contributed by atoms with E-state index in [4.69, 9.17) is 0 Å². The third-order valence-electron chi connectivity index (χ3n) is 2.87. The second kappa shape index (κ2) is 6.45. The van der Waals surface area contributed by atoms with Crippen molar-refractivity contribution in [3.8, 4) is 0 Å². The smallest absolute Gasteiger partial charge is 0.0371 e. The zero-order valence-corrected chi connectivity index (χ0v) is 9.65. The van der Waals surface area contributed by atoms with Crippen molar-refractivity contribution in [2.75, 3.05) is 44.6 Å². The van der Waals surface area contributed by atoms with Gasteiger partial charge in [0.25, 0.3) is 0 Å². The van der Waals surface area contributed by atoms with Crippen LogP contribution in [0.1, 0.15) is 6.42 Å². The summed E-state index contributed by atoms with van der Waals surface area (Å²) in [4.78, 5) is 6.51. The molecule has 0 amide bonds. The molecule has 1 aliphatic rings. The van der Waals surface area contributed by atoms with Gasteiger partial charge in [0.2, 0.25) is 0 Å². The molecule has 0 unspecified atom stereocenters. The van der Waals surface area contributed by atoms with Gasteiger partial charge in [0.1, 0.15) is 0 Å². The molecule has 2 heterocycles. The van der Waals surface area contributed by atoms with E-state index >= 15 is 0 Å². The van der Waals surface area contributed by atoms with Crippen molar-refractivity contribution < 1.29 is 0 Å². The van der Waals surface area contributed by atoms with Crippen molar-refractivity contribution in [2.45, 2.75) is 6.42 Å². The number of rotatable bonds is 5. The molecule has 1 aliphatic heterocycles. The highest BCUT2D eigenvalue weighted by atomic mass is 15.2. The molecule has 0 saturated carbocycles. The van der Waals surface area contributed by atoms with Gasteiger partial charge in [-0.2, -0.15) is 0 Å². The molecule has 4 heteroatoms. The fraction of sp³-hybridized carbons (Fsp3) is 0.583. The maximum absolute atomic E-state index is 3.99. The molecule has 1 aromatic rings. The Kier molecular flexibility index (Phi) is 4.58. The van der Waals surface area contributed by atoms with Gasteiger partial charge in [0.05, 0.1) is 0 Å². The van der Waals surface area contributed by atoms with E-state index in [2.05, 4.69) is 20.5 Å². The number of nitrogens with zero attached hydrogens (tertiary/aromatic N) is 2. The van der Waals surface area contributed by atoms with E-state index in [9.17, 15) is 0 Å². The van der Waals surface area contributed by atoms with E-state index < -0.39 is 0 Å². The standard InChI is InChI=1S/C12H20N4/c1(9-16-10-7-14-8-11-16)4-15-12-2-5-13-6-3-12/h2-3,5-6,14H,1,4,7-11H2,(H,13,15). The van der Waals surface area contributed by atoms with Crippen LogP contribution in [0.2, 0.25) is 0 Å². The lowest BCUT2D eigenvalue weighted by atomic mass is 10.3. The molecule has 2 rings (SSSR count). The van der Waals surface area contributed by atoms with E-state index in [1.165, 1.54) is 26.1 Å². The van der Waals surface area contributed by atoms with Crippen molar-refractivity contribution in [1.29, 1.82) is 0 Å². The van der Waals surface area contributed by atoms with Crippen LogP contribution in [0.3, 0.4) is 0 Å². The SMILES string of the molecule is c1cc(NCCCN2CCNCC2)ccn1. The highest BCUT2D eigenvalue weighted by molar-refractivity contribution is 5.40. The van der Waals surface area contributed by atoms with Gasteiger partial charge in [-0.3, -0.25) is 4.98 Å². The summed E-state index contributed by atoms with van der Waals surface area (Å²) in [5.74, 6) is 0. The molecule has 0 atom stereocenters. The summed E-state index contributed by atoms with van der Waals surface area (Å²) in [6.07, 6.45) is 4.83. The van der Waals surface area contributed by atoms with E-state index in [1.54, 1.807) is 0 Å². The van der Waals surface area contributed by atoms with Crippen LogP contribution in [0.4, 0.5) is 5.69 Å². The van der Waals surface area contributed by atoms with E-state index in [-0.39, 0.29) is 0 Å². The first-order chi connectivity index (χ1) is 7.95. The van der Waals surface area contributed by atoms with Gasteiger partial charge in [-0.05, 0) is 25.1 Å². The van der Waals surface area contributed by atoms with Crippen LogP contribution in [0.25, 0.3) is 0 Å². The van der Waals surface area contributed by atoms with Crippen molar-refractivity contribution in [1.82, 2.24) is 15.2 Å². The quantitative estimate of drug-likeness (QED) is 0.720. The summed E-state index contributed by atoms with van der Waals surface area (Å²) < 4.78 is 0. The molecule has 88 valence electrons.